The van der Waals surface area contributed by atoms with Gasteiger partial charge >= 0.3 is 0 Å². The molecule has 1 N–H and O–H groups in total. The van der Waals surface area contributed by atoms with Gasteiger partial charge in [0.25, 0.3) is 0 Å². The number of hydrogen-bond donors (Lipinski definition) is 1. The second kappa shape index (κ2) is 3.70. The molecule has 0 saturated carbocycles. The van der Waals surface area contributed by atoms with E-state index in [1.54, 1.807) is 12.2 Å². The second-order valence-corrected chi connectivity index (χ2v) is 0.675. The Hall–Kier alpha value is -0.300. The largest absolute Gasteiger partial charge is 0.386 e. The first kappa shape index (κ1) is 4.70. The average Bonchev–Trinajstić information content (AvgIpc) is 1.41. The summed E-state index contributed by atoms with van der Waals surface area (Å²) in [6, 6.07) is 0. The molecule has 1 heteroatoms. The maximum absolute atomic E-state index is 7.85. The van der Waals surface area contributed by atoms with Gasteiger partial charge in [0.1, 0.15) is 6.61 Å². The molecule has 1 nitrogen and oxygen atoms in total. The van der Waals surface area contributed by atoms with E-state index >= 15 is 0 Å². The Morgan fingerprint density at radius 1 is 1.60 bits per heavy atom. The molecule has 0 aliphatic rings. The van der Waals surface area contributed by atoms with Crippen molar-refractivity contribution in [1.29, 1.82) is 0 Å². The molecule has 0 aromatic carbocycles. The van der Waals surface area contributed by atoms with E-state index in [0.717, 1.165) is 6.61 Å². The molecule has 0 aromatic rings. The molecule has 5 heavy (non-hydrogen) atoms. The lowest BCUT2D eigenvalue weighted by molar-refractivity contribution is 0.420. The van der Waals surface area contributed by atoms with Crippen LogP contribution in [0.25, 0.3) is 0 Å². The van der Waals surface area contributed by atoms with Crippen molar-refractivity contribution in [3.8, 4) is 0 Å². The lowest BCUT2D eigenvalue weighted by Gasteiger charge is -1.64. The van der Waals surface area contributed by atoms with Gasteiger partial charge in [-0.1, -0.05) is 12.2 Å². The number of hydrogen-bond acceptors (Lipinski definition) is 1. The Balaban J connectivity index is 2.62. The first-order valence-corrected chi connectivity index (χ1v) is 1.50. The third-order valence-electron chi connectivity index (χ3n) is 0.279. The maximum Gasteiger partial charge on any atom is 0.102 e. The molecule has 0 fully saturated rings. The van der Waals surface area contributed by atoms with E-state index < -0.39 is 0 Å². The van der Waals surface area contributed by atoms with Crippen molar-refractivity contribution in [2.75, 3.05) is 0 Å². The summed E-state index contributed by atoms with van der Waals surface area (Å²) in [6.07, 6.45) is 3.31. The molecule has 0 rings (SSSR count). The van der Waals surface area contributed by atoms with E-state index in [-0.39, 0.29) is 0 Å². The summed E-state index contributed by atoms with van der Waals surface area (Å²) in [4.78, 5) is 0. The van der Waals surface area contributed by atoms with Crippen LogP contribution in [0.1, 0.15) is 6.92 Å². The van der Waals surface area contributed by atoms with Gasteiger partial charge in [-0.2, -0.15) is 0 Å². The lowest BCUT2D eigenvalue weighted by atomic mass is 10.6. The van der Waals surface area contributed by atoms with E-state index in [1.807, 2.05) is 6.92 Å². The molecular weight excluding hydrogens is 64.0 g/mol. The van der Waals surface area contributed by atoms with Crippen molar-refractivity contribution in [3.63, 3.8) is 0 Å². The van der Waals surface area contributed by atoms with Crippen molar-refractivity contribution in [1.82, 2.24) is 0 Å². The molecule has 0 aromatic heterocycles. The smallest absolute Gasteiger partial charge is 0.102 e. The van der Waals surface area contributed by atoms with Crippen LogP contribution >= 0.6 is 0 Å². The van der Waals surface area contributed by atoms with Crippen molar-refractivity contribution >= 4 is 0 Å². The average molecular weight is 71.1 g/mol. The number of aliphatic hydroxyl groups excluding tert-OH is 1. The molecule has 1 radical (unpaired) electrons. The predicted molar refractivity (Wildman–Crippen MR) is 21.0 cm³/mol. The first-order valence-electron chi connectivity index (χ1n) is 1.50. The zero-order valence-corrected chi connectivity index (χ0v) is 3.18. The Bertz CT molecular complexity index is 30.6. The highest BCUT2D eigenvalue weighted by atomic mass is 16.2. The number of rotatable bonds is 1. The summed E-state index contributed by atoms with van der Waals surface area (Å²) in [5, 5.41) is 7.85. The number of allylic oxidation sites excluding steroid dienone is 1. The van der Waals surface area contributed by atoms with Crippen LogP contribution in [0.2, 0.25) is 0 Å². The highest BCUT2D eigenvalue weighted by molar-refractivity contribution is 4.83. The first-order chi connectivity index (χ1) is 2.41. The zero-order chi connectivity index (χ0) is 4.12. The lowest BCUT2D eigenvalue weighted by Crippen LogP contribution is -1.53. The van der Waals surface area contributed by atoms with Crippen LogP contribution in [0.4, 0.5) is 0 Å². The Morgan fingerprint density at radius 3 is 2.20 bits per heavy atom. The van der Waals surface area contributed by atoms with Crippen molar-refractivity contribution in [2.24, 2.45) is 0 Å². The van der Waals surface area contributed by atoms with Crippen LogP contribution in [0.3, 0.4) is 0 Å². The van der Waals surface area contributed by atoms with E-state index in [1.165, 1.54) is 0 Å². The van der Waals surface area contributed by atoms with Crippen LogP contribution in [-0.4, -0.2) is 5.11 Å². The molecule has 29 valence electrons. The van der Waals surface area contributed by atoms with Crippen molar-refractivity contribution in [2.45, 2.75) is 6.92 Å². The third kappa shape index (κ3) is 3.70. The quantitative estimate of drug-likeness (QED) is 0.490. The summed E-state index contributed by atoms with van der Waals surface area (Å²) in [6.45, 7) is 2.84. The summed E-state index contributed by atoms with van der Waals surface area (Å²) >= 11 is 0. The van der Waals surface area contributed by atoms with Gasteiger partial charge in [0, 0.05) is 0 Å². The minimum Gasteiger partial charge on any atom is -0.386 e. The number of aliphatic hydroxyl groups is 1. The van der Waals surface area contributed by atoms with Crippen molar-refractivity contribution in [3.05, 3.63) is 18.8 Å². The molecule has 0 bridgehead atoms. The standard InChI is InChI=1S/C4H7O/c1-2-3-4-5/h2-5H,1H3/b3-2+. The van der Waals surface area contributed by atoms with Gasteiger partial charge in [0.05, 0.1) is 0 Å². The molecule has 0 amide bonds. The Kier molecular flexibility index (Phi) is 3.48. The molecule has 0 saturated heterocycles. The zero-order valence-electron chi connectivity index (χ0n) is 3.18. The SMILES string of the molecule is C/C=C/[CH]O. The fourth-order valence-corrected chi connectivity index (χ4v) is 0.0861. The van der Waals surface area contributed by atoms with Gasteiger partial charge in [-0.25, -0.2) is 0 Å². The van der Waals surface area contributed by atoms with Crippen LogP contribution < -0.4 is 0 Å². The fourth-order valence-electron chi connectivity index (χ4n) is 0.0861. The molecule has 0 aliphatic carbocycles. The van der Waals surface area contributed by atoms with Crippen LogP contribution in [0, 0.1) is 6.61 Å². The monoisotopic (exact) mass is 71.0 g/mol. The van der Waals surface area contributed by atoms with E-state index in [2.05, 4.69) is 0 Å². The van der Waals surface area contributed by atoms with E-state index in [0.29, 0.717) is 0 Å². The normalized spacial score (nSPS) is 10.0. The minimum absolute atomic E-state index is 1.00. The Morgan fingerprint density at radius 2 is 2.20 bits per heavy atom. The second-order valence-electron chi connectivity index (χ2n) is 0.675. The fraction of sp³-hybridized carbons (Fsp3) is 0.250. The molecule has 0 spiro atoms. The van der Waals surface area contributed by atoms with Crippen LogP contribution in [-0.2, 0) is 0 Å². The van der Waals surface area contributed by atoms with Crippen molar-refractivity contribution < 1.29 is 5.11 Å². The van der Waals surface area contributed by atoms with Crippen LogP contribution in [0.15, 0.2) is 12.2 Å². The summed E-state index contributed by atoms with van der Waals surface area (Å²) in [5.74, 6) is 0. The Labute approximate surface area is 31.9 Å². The van der Waals surface area contributed by atoms with Gasteiger partial charge in [-0.15, -0.1) is 0 Å². The van der Waals surface area contributed by atoms with Gasteiger partial charge < -0.3 is 5.11 Å². The summed E-state index contributed by atoms with van der Waals surface area (Å²) in [7, 11) is 0. The van der Waals surface area contributed by atoms with Gasteiger partial charge in [0.15, 0.2) is 0 Å². The summed E-state index contributed by atoms with van der Waals surface area (Å²) < 4.78 is 0. The van der Waals surface area contributed by atoms with Gasteiger partial charge in [-0.05, 0) is 6.92 Å². The van der Waals surface area contributed by atoms with Gasteiger partial charge in [-0.3, -0.25) is 0 Å². The maximum atomic E-state index is 7.85. The molecular formula is C4H7O. The van der Waals surface area contributed by atoms with Crippen LogP contribution in [0.5, 0.6) is 0 Å². The highest BCUT2D eigenvalue weighted by Crippen LogP contribution is 1.67. The molecule has 0 aliphatic heterocycles. The highest BCUT2D eigenvalue weighted by Gasteiger charge is 1.54. The van der Waals surface area contributed by atoms with E-state index in [9.17, 15) is 0 Å². The minimum atomic E-state index is 1.00. The molecule has 0 heterocycles. The molecule has 0 atom stereocenters. The third-order valence-corrected chi connectivity index (χ3v) is 0.279. The van der Waals surface area contributed by atoms with Gasteiger partial charge in [0.2, 0.25) is 0 Å². The van der Waals surface area contributed by atoms with E-state index in [4.69, 9.17) is 5.11 Å². The predicted octanol–water partition coefficient (Wildman–Crippen LogP) is 1.10. The topological polar surface area (TPSA) is 20.2 Å². The summed E-state index contributed by atoms with van der Waals surface area (Å²) in [5.41, 5.74) is 0. The molecule has 0 unspecified atom stereocenters.